The van der Waals surface area contributed by atoms with Gasteiger partial charge in [0.15, 0.2) is 0 Å². The van der Waals surface area contributed by atoms with Gasteiger partial charge in [0, 0.05) is 19.3 Å². The Morgan fingerprint density at radius 2 is 2.06 bits per heavy atom. The number of halogens is 2. The molecule has 3 nitrogen and oxygen atoms in total. The molecule has 0 spiro atoms. The van der Waals surface area contributed by atoms with E-state index < -0.39 is 0 Å². The predicted octanol–water partition coefficient (Wildman–Crippen LogP) is 3.91. The first-order valence-electron chi connectivity index (χ1n) is 5.62. The molecular formula is C13H17Cl2NO2. The Balaban J connectivity index is 2.79. The van der Waals surface area contributed by atoms with Gasteiger partial charge in [-0.25, -0.2) is 0 Å². The molecule has 1 rings (SSSR count). The maximum atomic E-state index is 5.99. The summed E-state index contributed by atoms with van der Waals surface area (Å²) in [6.45, 7) is 0.734. The number of rotatable bonds is 7. The van der Waals surface area contributed by atoms with Gasteiger partial charge in [-0.3, -0.25) is 10.3 Å². The summed E-state index contributed by atoms with van der Waals surface area (Å²) in [5.41, 5.74) is 4.64. The van der Waals surface area contributed by atoms with Crippen LogP contribution in [0.4, 0.5) is 0 Å². The summed E-state index contributed by atoms with van der Waals surface area (Å²) in [4.78, 5) is 4.96. The lowest BCUT2D eigenvalue weighted by atomic mass is 10.1. The number of hydrogen-bond donors (Lipinski definition) is 1. The zero-order chi connectivity index (χ0) is 13.4. The van der Waals surface area contributed by atoms with E-state index in [9.17, 15) is 0 Å². The first-order valence-corrected chi connectivity index (χ1v) is 6.38. The van der Waals surface area contributed by atoms with E-state index in [1.165, 1.54) is 0 Å². The number of ether oxygens (including phenoxy) is 1. The van der Waals surface area contributed by atoms with Crippen LogP contribution in [0.15, 0.2) is 24.3 Å². The van der Waals surface area contributed by atoms with Crippen LogP contribution in [0.2, 0.25) is 10.0 Å². The Bertz CT molecular complexity index is 408. The van der Waals surface area contributed by atoms with Crippen LogP contribution < -0.4 is 5.48 Å². The normalized spacial score (nSPS) is 11.7. The molecule has 1 aromatic carbocycles. The van der Waals surface area contributed by atoms with Crippen LogP contribution in [0, 0.1) is 0 Å². The lowest BCUT2D eigenvalue weighted by Gasteiger charge is -2.10. The third-order valence-electron chi connectivity index (χ3n) is 2.34. The second-order valence-corrected chi connectivity index (χ2v) is 4.50. The molecular weight excluding hydrogens is 273 g/mol. The van der Waals surface area contributed by atoms with Gasteiger partial charge in [-0.05, 0) is 25.0 Å². The van der Waals surface area contributed by atoms with Crippen LogP contribution >= 0.6 is 23.2 Å². The van der Waals surface area contributed by atoms with Crippen LogP contribution in [0.3, 0.4) is 0 Å². The lowest BCUT2D eigenvalue weighted by molar-refractivity contribution is 0.136. The van der Waals surface area contributed by atoms with Gasteiger partial charge in [0.1, 0.15) is 0 Å². The van der Waals surface area contributed by atoms with E-state index in [2.05, 4.69) is 5.48 Å². The fourth-order valence-electron chi connectivity index (χ4n) is 1.47. The zero-order valence-corrected chi connectivity index (χ0v) is 12.0. The Kier molecular flexibility index (Phi) is 7.13. The van der Waals surface area contributed by atoms with Crippen molar-refractivity contribution in [3.8, 4) is 0 Å². The van der Waals surface area contributed by atoms with Crippen molar-refractivity contribution in [3.05, 3.63) is 39.9 Å². The minimum atomic E-state index is 0.523. The van der Waals surface area contributed by atoms with Gasteiger partial charge in [-0.1, -0.05) is 35.3 Å². The van der Waals surface area contributed by atoms with E-state index in [-0.39, 0.29) is 0 Å². The van der Waals surface area contributed by atoms with E-state index in [4.69, 9.17) is 32.8 Å². The summed E-state index contributed by atoms with van der Waals surface area (Å²) in [6.07, 6.45) is 3.88. The van der Waals surface area contributed by atoms with Crippen LogP contribution in [-0.2, 0) is 9.57 Å². The van der Waals surface area contributed by atoms with Crippen molar-refractivity contribution in [2.75, 3.05) is 20.8 Å². The molecule has 0 aliphatic carbocycles. The molecule has 5 heteroatoms. The highest BCUT2D eigenvalue weighted by atomic mass is 35.5. The molecule has 18 heavy (non-hydrogen) atoms. The molecule has 100 valence electrons. The van der Waals surface area contributed by atoms with E-state index in [1.54, 1.807) is 26.4 Å². The molecule has 0 unspecified atom stereocenters. The molecule has 0 aromatic heterocycles. The monoisotopic (exact) mass is 289 g/mol. The number of hydrogen-bond acceptors (Lipinski definition) is 3. The van der Waals surface area contributed by atoms with Gasteiger partial charge in [0.25, 0.3) is 0 Å². The summed E-state index contributed by atoms with van der Waals surface area (Å²) in [7, 11) is 3.26. The van der Waals surface area contributed by atoms with Crippen LogP contribution in [0.1, 0.15) is 18.4 Å². The molecule has 1 aromatic rings. The third kappa shape index (κ3) is 4.86. The van der Waals surface area contributed by atoms with Crippen LogP contribution in [0.25, 0.3) is 5.70 Å². The molecule has 0 fully saturated rings. The Morgan fingerprint density at radius 1 is 1.28 bits per heavy atom. The summed E-state index contributed by atoms with van der Waals surface area (Å²) in [5, 5.41) is 1.06. The van der Waals surface area contributed by atoms with E-state index >= 15 is 0 Å². The molecule has 0 amide bonds. The molecule has 0 heterocycles. The molecule has 0 aliphatic heterocycles. The van der Waals surface area contributed by atoms with Gasteiger partial charge in [-0.15, -0.1) is 0 Å². The molecule has 0 bridgehead atoms. The van der Waals surface area contributed by atoms with Crippen molar-refractivity contribution in [2.45, 2.75) is 12.8 Å². The first-order chi connectivity index (χ1) is 8.69. The fraction of sp³-hybridized carbons (Fsp3) is 0.385. The highest BCUT2D eigenvalue weighted by molar-refractivity contribution is 6.42. The Hall–Kier alpha value is -0.740. The number of benzene rings is 1. The highest BCUT2D eigenvalue weighted by Crippen LogP contribution is 2.25. The van der Waals surface area contributed by atoms with Crippen molar-refractivity contribution in [3.63, 3.8) is 0 Å². The molecule has 0 aliphatic rings. The number of methoxy groups -OCH3 is 1. The van der Waals surface area contributed by atoms with E-state index in [0.717, 1.165) is 30.7 Å². The van der Waals surface area contributed by atoms with Crippen molar-refractivity contribution in [1.29, 1.82) is 0 Å². The molecule has 0 atom stereocenters. The molecule has 0 saturated carbocycles. The van der Waals surface area contributed by atoms with Crippen molar-refractivity contribution < 1.29 is 9.57 Å². The van der Waals surface area contributed by atoms with Gasteiger partial charge in [0.05, 0.1) is 22.9 Å². The topological polar surface area (TPSA) is 30.5 Å². The quantitative estimate of drug-likeness (QED) is 0.610. The molecule has 0 radical (unpaired) electrons. The predicted molar refractivity (Wildman–Crippen MR) is 75.7 cm³/mol. The Morgan fingerprint density at radius 3 is 2.67 bits per heavy atom. The third-order valence-corrected chi connectivity index (χ3v) is 3.08. The summed E-state index contributed by atoms with van der Waals surface area (Å²) in [5.74, 6) is 0. The summed E-state index contributed by atoms with van der Waals surface area (Å²) < 4.78 is 5.00. The van der Waals surface area contributed by atoms with Crippen LogP contribution in [-0.4, -0.2) is 20.8 Å². The van der Waals surface area contributed by atoms with Gasteiger partial charge < -0.3 is 4.74 Å². The van der Waals surface area contributed by atoms with E-state index in [1.807, 2.05) is 12.1 Å². The van der Waals surface area contributed by atoms with Crippen molar-refractivity contribution in [2.24, 2.45) is 0 Å². The average Bonchev–Trinajstić information content (AvgIpc) is 2.37. The average molecular weight is 290 g/mol. The molecule has 1 N–H and O–H groups in total. The smallest absolute Gasteiger partial charge is 0.0637 e. The maximum absolute atomic E-state index is 5.99. The maximum Gasteiger partial charge on any atom is 0.0637 e. The highest BCUT2D eigenvalue weighted by Gasteiger charge is 2.04. The number of hydroxylamine groups is 1. The lowest BCUT2D eigenvalue weighted by Crippen LogP contribution is -2.10. The fourth-order valence-corrected chi connectivity index (χ4v) is 1.76. The van der Waals surface area contributed by atoms with E-state index in [0.29, 0.717) is 10.0 Å². The zero-order valence-electron chi connectivity index (χ0n) is 10.5. The second-order valence-electron chi connectivity index (χ2n) is 3.69. The number of unbranched alkanes of at least 4 members (excludes halogenated alkanes) is 1. The van der Waals surface area contributed by atoms with Crippen LogP contribution in [0.5, 0.6) is 0 Å². The Labute approximate surface area is 118 Å². The largest absolute Gasteiger partial charge is 0.385 e. The summed E-state index contributed by atoms with van der Waals surface area (Å²) in [6, 6.07) is 5.46. The van der Waals surface area contributed by atoms with Gasteiger partial charge in [0.2, 0.25) is 0 Å². The summed E-state index contributed by atoms with van der Waals surface area (Å²) >= 11 is 11.9. The van der Waals surface area contributed by atoms with Gasteiger partial charge in [-0.2, -0.15) is 0 Å². The number of nitrogens with one attached hydrogen (secondary N) is 1. The standard InChI is InChI=1S/C13H17Cl2NO2/c1-17-8-4-3-5-13(16-18-2)10-6-7-11(14)12(15)9-10/h5-7,9,16H,3-4,8H2,1-2H3/b13-5-. The minimum absolute atomic E-state index is 0.523. The van der Waals surface area contributed by atoms with Gasteiger partial charge >= 0.3 is 0 Å². The number of allylic oxidation sites excluding steroid dienone is 1. The van der Waals surface area contributed by atoms with Crippen molar-refractivity contribution >= 4 is 28.9 Å². The first kappa shape index (κ1) is 15.3. The molecule has 0 saturated heterocycles. The minimum Gasteiger partial charge on any atom is -0.385 e. The second kappa shape index (κ2) is 8.38. The van der Waals surface area contributed by atoms with Crippen molar-refractivity contribution in [1.82, 2.24) is 5.48 Å². The SMILES string of the molecule is COCCC/C=C(\NOC)c1ccc(Cl)c(Cl)c1.